The SMILES string of the molecule is CNC(=O)[C@H]1[C@H]2C(=O)N([C@@H](CO)Cc3ccccc3)[C@H](C(=O)NC(C)(C)C)[C@H]2C=C[C@H]1C. The molecule has 2 aliphatic rings. The Morgan fingerprint density at radius 2 is 1.78 bits per heavy atom. The molecule has 1 saturated heterocycles. The van der Waals surface area contributed by atoms with E-state index in [0.717, 1.165) is 5.56 Å². The molecule has 7 nitrogen and oxygen atoms in total. The zero-order chi connectivity index (χ0) is 23.6. The summed E-state index contributed by atoms with van der Waals surface area (Å²) in [5, 5.41) is 16.0. The van der Waals surface area contributed by atoms with Crippen molar-refractivity contribution in [1.82, 2.24) is 15.5 Å². The molecule has 1 aromatic rings. The molecule has 3 rings (SSSR count). The Bertz CT molecular complexity index is 877. The Kier molecular flexibility index (Phi) is 7.08. The van der Waals surface area contributed by atoms with E-state index in [1.165, 1.54) is 0 Å². The highest BCUT2D eigenvalue weighted by molar-refractivity contribution is 5.97. The number of amides is 3. The number of likely N-dealkylation sites (tertiary alicyclic amines) is 1. The predicted octanol–water partition coefficient (Wildman–Crippen LogP) is 1.52. The van der Waals surface area contributed by atoms with Crippen molar-refractivity contribution in [2.75, 3.05) is 13.7 Å². The van der Waals surface area contributed by atoms with E-state index in [1.54, 1.807) is 11.9 Å². The number of hydrogen-bond donors (Lipinski definition) is 3. The molecule has 1 fully saturated rings. The number of benzene rings is 1. The highest BCUT2D eigenvalue weighted by Crippen LogP contribution is 2.45. The van der Waals surface area contributed by atoms with E-state index in [0.29, 0.717) is 6.42 Å². The molecule has 6 atom stereocenters. The van der Waals surface area contributed by atoms with Crippen molar-refractivity contribution in [3.05, 3.63) is 48.0 Å². The molecule has 0 spiro atoms. The number of aliphatic hydroxyl groups excluding tert-OH is 1. The first kappa shape index (κ1) is 24.0. The minimum absolute atomic E-state index is 0.131. The maximum absolute atomic E-state index is 13.8. The van der Waals surface area contributed by atoms with E-state index in [4.69, 9.17) is 0 Å². The molecule has 1 aliphatic heterocycles. The smallest absolute Gasteiger partial charge is 0.243 e. The molecule has 1 aromatic carbocycles. The Morgan fingerprint density at radius 3 is 2.34 bits per heavy atom. The number of allylic oxidation sites excluding steroid dienone is 1. The van der Waals surface area contributed by atoms with Gasteiger partial charge < -0.3 is 20.6 Å². The molecule has 0 unspecified atom stereocenters. The summed E-state index contributed by atoms with van der Waals surface area (Å²) in [5.41, 5.74) is 0.486. The normalized spacial score (nSPS) is 28.2. The largest absolute Gasteiger partial charge is 0.394 e. The molecule has 1 aliphatic carbocycles. The van der Waals surface area contributed by atoms with Gasteiger partial charge in [-0.1, -0.05) is 49.4 Å². The zero-order valence-electron chi connectivity index (χ0n) is 19.5. The zero-order valence-corrected chi connectivity index (χ0v) is 19.5. The average molecular weight is 442 g/mol. The van der Waals surface area contributed by atoms with Crippen LogP contribution in [-0.4, -0.2) is 59.0 Å². The van der Waals surface area contributed by atoms with Crippen molar-refractivity contribution >= 4 is 17.7 Å². The van der Waals surface area contributed by atoms with Gasteiger partial charge >= 0.3 is 0 Å². The number of carbonyl (C=O) groups is 3. The summed E-state index contributed by atoms with van der Waals surface area (Å²) in [4.78, 5) is 41.5. The summed E-state index contributed by atoms with van der Waals surface area (Å²) < 4.78 is 0. The van der Waals surface area contributed by atoms with Gasteiger partial charge in [0.2, 0.25) is 17.7 Å². The van der Waals surface area contributed by atoms with E-state index < -0.39 is 35.4 Å². The van der Waals surface area contributed by atoms with Gasteiger partial charge in [0.25, 0.3) is 0 Å². The number of nitrogens with zero attached hydrogens (tertiary/aromatic N) is 1. The van der Waals surface area contributed by atoms with Gasteiger partial charge in [-0.05, 0) is 38.7 Å². The maximum Gasteiger partial charge on any atom is 0.243 e. The van der Waals surface area contributed by atoms with E-state index in [9.17, 15) is 19.5 Å². The highest BCUT2D eigenvalue weighted by Gasteiger charge is 2.58. The number of fused-ring (bicyclic) bond motifs is 1. The molecule has 3 N–H and O–H groups in total. The summed E-state index contributed by atoms with van der Waals surface area (Å²) in [6, 6.07) is 8.25. The standard InChI is InChI=1S/C25H35N3O4/c1-15-11-12-18-20(19(15)22(30)26-5)24(32)28(21(18)23(31)27-25(2,3)4)17(14-29)13-16-9-7-6-8-10-16/h6-12,15,17-21,29H,13-14H2,1-5H3,(H,26,30)(H,27,31)/t15-,17-,18+,19-,20+,21+/m1/s1. The van der Waals surface area contributed by atoms with Crippen molar-refractivity contribution < 1.29 is 19.5 Å². The average Bonchev–Trinajstić information content (AvgIpc) is 3.03. The van der Waals surface area contributed by atoms with Gasteiger partial charge in [0.15, 0.2) is 0 Å². The van der Waals surface area contributed by atoms with Crippen LogP contribution in [-0.2, 0) is 20.8 Å². The van der Waals surface area contributed by atoms with Gasteiger partial charge in [0, 0.05) is 18.5 Å². The fourth-order valence-corrected chi connectivity index (χ4v) is 5.08. The molecule has 0 aromatic heterocycles. The van der Waals surface area contributed by atoms with Crippen molar-refractivity contribution in [3.63, 3.8) is 0 Å². The van der Waals surface area contributed by atoms with E-state index in [-0.39, 0.29) is 30.2 Å². The lowest BCUT2D eigenvalue weighted by Gasteiger charge is -2.35. The fraction of sp³-hybridized carbons (Fsp3) is 0.560. The molecule has 0 radical (unpaired) electrons. The quantitative estimate of drug-likeness (QED) is 0.583. The Hall–Kier alpha value is -2.67. The van der Waals surface area contributed by atoms with Crippen LogP contribution in [0.25, 0.3) is 0 Å². The van der Waals surface area contributed by atoms with Gasteiger partial charge in [-0.25, -0.2) is 0 Å². The number of carbonyl (C=O) groups excluding carboxylic acids is 3. The summed E-state index contributed by atoms with van der Waals surface area (Å²) >= 11 is 0. The first-order valence-electron chi connectivity index (χ1n) is 11.3. The third-order valence-electron chi connectivity index (χ3n) is 6.44. The van der Waals surface area contributed by atoms with Gasteiger partial charge in [0.05, 0.1) is 24.5 Å². The molecule has 1 heterocycles. The second-order valence-corrected chi connectivity index (χ2v) is 9.94. The van der Waals surface area contributed by atoms with Crippen LogP contribution >= 0.6 is 0 Å². The molecule has 32 heavy (non-hydrogen) atoms. The second kappa shape index (κ2) is 9.45. The van der Waals surface area contributed by atoms with Crippen LogP contribution in [0.2, 0.25) is 0 Å². The van der Waals surface area contributed by atoms with Gasteiger partial charge in [0.1, 0.15) is 6.04 Å². The van der Waals surface area contributed by atoms with E-state index >= 15 is 0 Å². The first-order chi connectivity index (χ1) is 15.1. The van der Waals surface area contributed by atoms with Crippen molar-refractivity contribution in [2.45, 2.75) is 51.7 Å². The molecule has 0 bridgehead atoms. The van der Waals surface area contributed by atoms with E-state index in [1.807, 2.05) is 70.2 Å². The van der Waals surface area contributed by atoms with Crippen molar-refractivity contribution in [3.8, 4) is 0 Å². The molecule has 3 amide bonds. The summed E-state index contributed by atoms with van der Waals surface area (Å²) in [6.07, 6.45) is 4.27. The number of aliphatic hydroxyl groups is 1. The molecular formula is C25H35N3O4. The lowest BCUT2D eigenvalue weighted by Crippen LogP contribution is -2.56. The third kappa shape index (κ3) is 4.72. The molecular weight excluding hydrogens is 406 g/mol. The van der Waals surface area contributed by atoms with Crippen molar-refractivity contribution in [2.24, 2.45) is 23.7 Å². The first-order valence-corrected chi connectivity index (χ1v) is 11.3. The van der Waals surface area contributed by atoms with Crippen LogP contribution in [0.3, 0.4) is 0 Å². The monoisotopic (exact) mass is 441 g/mol. The molecule has 0 saturated carbocycles. The number of hydrogen-bond acceptors (Lipinski definition) is 4. The molecule has 174 valence electrons. The summed E-state index contributed by atoms with van der Waals surface area (Å²) in [7, 11) is 1.56. The van der Waals surface area contributed by atoms with Crippen LogP contribution in [0.4, 0.5) is 0 Å². The lowest BCUT2D eigenvalue weighted by molar-refractivity contribution is -0.143. The van der Waals surface area contributed by atoms with Gasteiger partial charge in [-0.3, -0.25) is 14.4 Å². The fourth-order valence-electron chi connectivity index (χ4n) is 5.08. The minimum Gasteiger partial charge on any atom is -0.394 e. The van der Waals surface area contributed by atoms with Crippen LogP contribution < -0.4 is 10.6 Å². The van der Waals surface area contributed by atoms with Crippen LogP contribution in [0, 0.1) is 23.7 Å². The maximum atomic E-state index is 13.8. The minimum atomic E-state index is -0.788. The van der Waals surface area contributed by atoms with Crippen LogP contribution in [0.5, 0.6) is 0 Å². The van der Waals surface area contributed by atoms with Crippen LogP contribution in [0.1, 0.15) is 33.3 Å². The Morgan fingerprint density at radius 1 is 1.12 bits per heavy atom. The highest BCUT2D eigenvalue weighted by atomic mass is 16.3. The van der Waals surface area contributed by atoms with Crippen molar-refractivity contribution in [1.29, 1.82) is 0 Å². The Balaban J connectivity index is 2.04. The van der Waals surface area contributed by atoms with Gasteiger partial charge in [-0.15, -0.1) is 0 Å². The molecule has 7 heteroatoms. The number of rotatable bonds is 6. The Labute approximate surface area is 190 Å². The van der Waals surface area contributed by atoms with E-state index in [2.05, 4.69) is 10.6 Å². The predicted molar refractivity (Wildman–Crippen MR) is 122 cm³/mol. The topological polar surface area (TPSA) is 98.7 Å². The lowest BCUT2D eigenvalue weighted by atomic mass is 9.70. The van der Waals surface area contributed by atoms with Crippen LogP contribution in [0.15, 0.2) is 42.5 Å². The number of nitrogens with one attached hydrogen (secondary N) is 2. The summed E-state index contributed by atoms with van der Waals surface area (Å²) in [6.45, 7) is 7.32. The summed E-state index contributed by atoms with van der Waals surface area (Å²) in [5.74, 6) is -2.49. The second-order valence-electron chi connectivity index (χ2n) is 9.94. The van der Waals surface area contributed by atoms with Gasteiger partial charge in [-0.2, -0.15) is 0 Å². The third-order valence-corrected chi connectivity index (χ3v) is 6.44.